The van der Waals surface area contributed by atoms with Gasteiger partial charge in [0, 0.05) is 33.9 Å². The first-order valence-electron chi connectivity index (χ1n) is 7.19. The van der Waals surface area contributed by atoms with Crippen molar-refractivity contribution in [3.8, 4) is 0 Å². The predicted molar refractivity (Wildman–Crippen MR) is 98.2 cm³/mol. The Morgan fingerprint density at radius 1 is 1.15 bits per heavy atom. The second kappa shape index (κ2) is 8.98. The Bertz CT molecular complexity index is 863. The molecule has 0 radical (unpaired) electrons. The minimum atomic E-state index is -0.768. The summed E-state index contributed by atoms with van der Waals surface area (Å²) in [6.45, 7) is -0.512. The summed E-state index contributed by atoms with van der Waals surface area (Å²) in [7, 11) is 0. The molecule has 0 heterocycles. The molecule has 0 spiro atoms. The topological polar surface area (TPSA) is 98.5 Å². The molecule has 0 unspecified atom stereocenters. The van der Waals surface area contributed by atoms with E-state index < -0.39 is 23.4 Å². The van der Waals surface area contributed by atoms with Crippen LogP contribution in [0.1, 0.15) is 5.56 Å². The number of non-ortho nitro benzene ring substituents is 1. The lowest BCUT2D eigenvalue weighted by Crippen LogP contribution is -2.20. The molecule has 0 fully saturated rings. The largest absolute Gasteiger partial charge is 0.452 e. The third-order valence-corrected chi connectivity index (χ3v) is 3.42. The van der Waals surface area contributed by atoms with Crippen LogP contribution in [-0.2, 0) is 14.3 Å². The molecule has 0 aromatic heterocycles. The number of halogens is 2. The Morgan fingerprint density at radius 3 is 2.50 bits per heavy atom. The van der Waals surface area contributed by atoms with Crippen molar-refractivity contribution in [2.45, 2.75) is 0 Å². The molecule has 2 aromatic rings. The lowest BCUT2D eigenvalue weighted by molar-refractivity contribution is -0.384. The van der Waals surface area contributed by atoms with E-state index in [1.165, 1.54) is 42.5 Å². The van der Waals surface area contributed by atoms with Crippen molar-refractivity contribution in [3.63, 3.8) is 0 Å². The molecule has 0 bridgehead atoms. The van der Waals surface area contributed by atoms with Crippen LogP contribution in [0.2, 0.25) is 10.0 Å². The molecule has 2 aromatic carbocycles. The van der Waals surface area contributed by atoms with Crippen molar-refractivity contribution < 1.29 is 19.2 Å². The number of nitrogens with zero attached hydrogens (tertiary/aromatic N) is 1. The third-order valence-electron chi connectivity index (χ3n) is 2.98. The van der Waals surface area contributed by atoms with Gasteiger partial charge in [0.05, 0.1) is 4.92 Å². The van der Waals surface area contributed by atoms with Gasteiger partial charge < -0.3 is 10.1 Å². The molecule has 2 rings (SSSR count). The van der Waals surface area contributed by atoms with Crippen molar-refractivity contribution >= 4 is 52.5 Å². The number of ether oxygens (including phenoxy) is 1. The SMILES string of the molecule is O=C(COC(=O)C=Cc1cccc([N+](=O)[O-])c1)Nc1cc(Cl)cc(Cl)c1. The summed E-state index contributed by atoms with van der Waals surface area (Å²) in [6, 6.07) is 10.2. The molecule has 0 aliphatic rings. The number of benzene rings is 2. The summed E-state index contributed by atoms with van der Waals surface area (Å²) in [6.07, 6.45) is 2.42. The molecule has 1 amide bonds. The van der Waals surface area contributed by atoms with Crippen molar-refractivity contribution in [1.82, 2.24) is 0 Å². The van der Waals surface area contributed by atoms with Gasteiger partial charge in [0.25, 0.3) is 11.6 Å². The van der Waals surface area contributed by atoms with Gasteiger partial charge >= 0.3 is 5.97 Å². The Kier molecular flexibility index (Phi) is 6.71. The van der Waals surface area contributed by atoms with Crippen LogP contribution in [0.15, 0.2) is 48.5 Å². The van der Waals surface area contributed by atoms with Crippen LogP contribution in [0.3, 0.4) is 0 Å². The smallest absolute Gasteiger partial charge is 0.331 e. The molecule has 7 nitrogen and oxygen atoms in total. The van der Waals surface area contributed by atoms with E-state index >= 15 is 0 Å². The molecular weight excluding hydrogens is 383 g/mol. The highest BCUT2D eigenvalue weighted by molar-refractivity contribution is 6.35. The summed E-state index contributed by atoms with van der Waals surface area (Å²) < 4.78 is 4.80. The number of nitro groups is 1. The molecule has 0 aliphatic heterocycles. The number of carbonyl (C=O) groups is 2. The second-order valence-corrected chi connectivity index (χ2v) is 5.87. The molecule has 134 valence electrons. The number of hydrogen-bond acceptors (Lipinski definition) is 5. The highest BCUT2D eigenvalue weighted by Crippen LogP contribution is 2.22. The number of amides is 1. The quantitative estimate of drug-likeness (QED) is 0.344. The Hall–Kier alpha value is -2.90. The van der Waals surface area contributed by atoms with E-state index in [0.29, 0.717) is 21.3 Å². The summed E-state index contributed by atoms with van der Waals surface area (Å²) >= 11 is 11.6. The summed E-state index contributed by atoms with van der Waals surface area (Å²) in [4.78, 5) is 33.5. The Labute approximate surface area is 158 Å². The van der Waals surface area contributed by atoms with Gasteiger partial charge in [-0.25, -0.2) is 4.79 Å². The van der Waals surface area contributed by atoms with E-state index in [4.69, 9.17) is 27.9 Å². The summed E-state index contributed by atoms with van der Waals surface area (Å²) in [5.41, 5.74) is 0.727. The average molecular weight is 395 g/mol. The minimum Gasteiger partial charge on any atom is -0.452 e. The van der Waals surface area contributed by atoms with Crippen molar-refractivity contribution in [1.29, 1.82) is 0 Å². The van der Waals surface area contributed by atoms with Gasteiger partial charge in [0.2, 0.25) is 0 Å². The fraction of sp³-hybridized carbons (Fsp3) is 0.0588. The van der Waals surface area contributed by atoms with E-state index in [1.54, 1.807) is 6.07 Å². The van der Waals surface area contributed by atoms with E-state index in [1.807, 2.05) is 0 Å². The lowest BCUT2D eigenvalue weighted by atomic mass is 10.2. The molecule has 0 atom stereocenters. The van der Waals surface area contributed by atoms with E-state index in [2.05, 4.69) is 5.32 Å². The zero-order valence-electron chi connectivity index (χ0n) is 13.1. The van der Waals surface area contributed by atoms with Gasteiger partial charge in [-0.3, -0.25) is 14.9 Å². The number of esters is 1. The lowest BCUT2D eigenvalue weighted by Gasteiger charge is -2.06. The third kappa shape index (κ3) is 6.19. The number of rotatable bonds is 6. The maximum Gasteiger partial charge on any atom is 0.331 e. The van der Waals surface area contributed by atoms with E-state index in [-0.39, 0.29) is 5.69 Å². The summed E-state index contributed by atoms with van der Waals surface area (Å²) in [5, 5.41) is 13.9. The number of nitrogens with one attached hydrogen (secondary N) is 1. The minimum absolute atomic E-state index is 0.0972. The van der Waals surface area contributed by atoms with Gasteiger partial charge in [0.15, 0.2) is 6.61 Å². The number of hydrogen-bond donors (Lipinski definition) is 1. The zero-order chi connectivity index (χ0) is 19.1. The molecule has 26 heavy (non-hydrogen) atoms. The standard InChI is InChI=1S/C17H12Cl2N2O5/c18-12-7-13(19)9-14(8-12)20-16(22)10-26-17(23)5-4-11-2-1-3-15(6-11)21(24)25/h1-9H,10H2,(H,20,22). The van der Waals surface area contributed by atoms with Gasteiger partial charge in [-0.15, -0.1) is 0 Å². The van der Waals surface area contributed by atoms with Crippen LogP contribution in [-0.4, -0.2) is 23.4 Å². The molecule has 1 N–H and O–H groups in total. The predicted octanol–water partition coefficient (Wildman–Crippen LogP) is 4.10. The van der Waals surface area contributed by atoms with E-state index in [0.717, 1.165) is 6.08 Å². The maximum atomic E-state index is 11.8. The molecule has 0 saturated carbocycles. The second-order valence-electron chi connectivity index (χ2n) is 5.00. The van der Waals surface area contributed by atoms with E-state index in [9.17, 15) is 19.7 Å². The first kappa shape index (κ1) is 19.4. The van der Waals surface area contributed by atoms with Crippen LogP contribution in [0.4, 0.5) is 11.4 Å². The Morgan fingerprint density at radius 2 is 1.85 bits per heavy atom. The summed E-state index contributed by atoms with van der Waals surface area (Å²) in [5.74, 6) is -1.34. The first-order chi connectivity index (χ1) is 12.3. The molecule has 9 heteroatoms. The van der Waals surface area contributed by atoms with Crippen LogP contribution < -0.4 is 5.32 Å². The van der Waals surface area contributed by atoms with Gasteiger partial charge in [-0.05, 0) is 29.8 Å². The van der Waals surface area contributed by atoms with Gasteiger partial charge in [0.1, 0.15) is 0 Å². The number of anilines is 1. The average Bonchev–Trinajstić information content (AvgIpc) is 2.57. The Balaban J connectivity index is 1.87. The first-order valence-corrected chi connectivity index (χ1v) is 7.94. The van der Waals surface area contributed by atoms with Crippen LogP contribution in [0.5, 0.6) is 0 Å². The van der Waals surface area contributed by atoms with Crippen molar-refractivity contribution in [2.24, 2.45) is 0 Å². The fourth-order valence-electron chi connectivity index (χ4n) is 1.91. The number of nitro benzene ring substituents is 1. The normalized spacial score (nSPS) is 10.5. The van der Waals surface area contributed by atoms with Crippen LogP contribution >= 0.6 is 23.2 Å². The van der Waals surface area contributed by atoms with Crippen LogP contribution in [0, 0.1) is 10.1 Å². The maximum absolute atomic E-state index is 11.8. The zero-order valence-corrected chi connectivity index (χ0v) is 14.7. The van der Waals surface area contributed by atoms with Crippen LogP contribution in [0.25, 0.3) is 6.08 Å². The number of carbonyl (C=O) groups excluding carboxylic acids is 2. The highest BCUT2D eigenvalue weighted by Gasteiger charge is 2.08. The monoisotopic (exact) mass is 394 g/mol. The van der Waals surface area contributed by atoms with Gasteiger partial charge in [-0.2, -0.15) is 0 Å². The van der Waals surface area contributed by atoms with Gasteiger partial charge in [-0.1, -0.05) is 35.3 Å². The molecular formula is C17H12Cl2N2O5. The fourth-order valence-corrected chi connectivity index (χ4v) is 2.44. The molecule has 0 aliphatic carbocycles. The van der Waals surface area contributed by atoms with Crippen molar-refractivity contribution in [2.75, 3.05) is 11.9 Å². The highest BCUT2D eigenvalue weighted by atomic mass is 35.5. The van der Waals surface area contributed by atoms with Crippen molar-refractivity contribution in [3.05, 3.63) is 74.3 Å². The molecule has 0 saturated heterocycles.